The minimum absolute atomic E-state index is 0.0850. The van der Waals surface area contributed by atoms with Crippen LogP contribution in [0.1, 0.15) is 25.1 Å². The van der Waals surface area contributed by atoms with Gasteiger partial charge in [0, 0.05) is 44.4 Å². The summed E-state index contributed by atoms with van der Waals surface area (Å²) in [6, 6.07) is 0.202. The van der Waals surface area contributed by atoms with Gasteiger partial charge in [0.2, 0.25) is 5.91 Å². The van der Waals surface area contributed by atoms with E-state index in [9.17, 15) is 9.59 Å². The van der Waals surface area contributed by atoms with Gasteiger partial charge >= 0.3 is 5.97 Å². The predicted octanol–water partition coefficient (Wildman–Crippen LogP) is -0.150. The number of amides is 1. The Kier molecular flexibility index (Phi) is 4.73. The first-order chi connectivity index (χ1) is 9.56. The largest absolute Gasteiger partial charge is 0.480 e. The summed E-state index contributed by atoms with van der Waals surface area (Å²) in [6.07, 6.45) is 5.68. The van der Waals surface area contributed by atoms with Crippen molar-refractivity contribution >= 4 is 11.9 Å². The van der Waals surface area contributed by atoms with E-state index < -0.39 is 5.97 Å². The van der Waals surface area contributed by atoms with E-state index in [1.807, 2.05) is 4.90 Å². The van der Waals surface area contributed by atoms with Crippen LogP contribution in [0.3, 0.4) is 0 Å². The lowest BCUT2D eigenvalue weighted by Gasteiger charge is -2.30. The van der Waals surface area contributed by atoms with Crippen LogP contribution >= 0.6 is 0 Å². The Bertz CT molecular complexity index is 478. The van der Waals surface area contributed by atoms with Gasteiger partial charge in [-0.1, -0.05) is 0 Å². The van der Waals surface area contributed by atoms with E-state index in [0.717, 1.165) is 12.8 Å². The van der Waals surface area contributed by atoms with Crippen molar-refractivity contribution in [1.29, 1.82) is 0 Å². The van der Waals surface area contributed by atoms with Gasteiger partial charge in [-0.25, -0.2) is 4.98 Å². The first-order valence-corrected chi connectivity index (χ1v) is 6.81. The Morgan fingerprint density at radius 3 is 2.75 bits per heavy atom. The van der Waals surface area contributed by atoms with E-state index in [1.165, 1.54) is 0 Å². The monoisotopic (exact) mass is 280 g/mol. The molecule has 2 rings (SSSR count). The van der Waals surface area contributed by atoms with Crippen LogP contribution in [0.2, 0.25) is 0 Å². The number of piperidine rings is 1. The second-order valence-corrected chi connectivity index (χ2v) is 5.08. The van der Waals surface area contributed by atoms with E-state index >= 15 is 0 Å². The molecule has 110 valence electrons. The molecule has 0 unspecified atom stereocenters. The molecule has 0 radical (unpaired) electrons. The number of nitrogens with two attached hydrogens (primary N) is 1. The lowest BCUT2D eigenvalue weighted by molar-refractivity contribution is -0.137. The molecule has 7 nitrogen and oxygen atoms in total. The van der Waals surface area contributed by atoms with E-state index in [2.05, 4.69) is 4.98 Å². The Hall–Kier alpha value is -1.89. The van der Waals surface area contributed by atoms with Crippen LogP contribution in [0, 0.1) is 0 Å². The van der Waals surface area contributed by atoms with Crippen LogP contribution in [0.5, 0.6) is 0 Å². The van der Waals surface area contributed by atoms with Crippen LogP contribution in [-0.2, 0) is 22.6 Å². The first kappa shape index (κ1) is 14.5. The zero-order chi connectivity index (χ0) is 14.5. The second kappa shape index (κ2) is 6.51. The summed E-state index contributed by atoms with van der Waals surface area (Å²) < 4.78 is 1.56. The molecule has 7 heteroatoms. The molecule has 0 aliphatic carbocycles. The highest BCUT2D eigenvalue weighted by atomic mass is 16.4. The highest BCUT2D eigenvalue weighted by Crippen LogP contribution is 2.11. The summed E-state index contributed by atoms with van der Waals surface area (Å²) in [4.78, 5) is 28.7. The SMILES string of the molecule is NC1CCN(C(=O)CCc2nccn2CC(=O)O)CC1. The highest BCUT2D eigenvalue weighted by Gasteiger charge is 2.20. The molecule has 3 N–H and O–H groups in total. The molecule has 2 heterocycles. The molecule has 1 amide bonds. The average Bonchev–Trinajstić information content (AvgIpc) is 2.83. The third kappa shape index (κ3) is 3.80. The summed E-state index contributed by atoms with van der Waals surface area (Å²) in [7, 11) is 0. The van der Waals surface area contributed by atoms with Gasteiger partial charge in [0.15, 0.2) is 0 Å². The topological polar surface area (TPSA) is 101 Å². The van der Waals surface area contributed by atoms with Crippen LogP contribution in [0.15, 0.2) is 12.4 Å². The number of carboxylic acids is 1. The fourth-order valence-electron chi connectivity index (χ4n) is 2.38. The van der Waals surface area contributed by atoms with Gasteiger partial charge < -0.3 is 20.3 Å². The second-order valence-electron chi connectivity index (χ2n) is 5.08. The fourth-order valence-corrected chi connectivity index (χ4v) is 2.38. The standard InChI is InChI=1S/C13H20N4O3/c14-10-3-6-16(7-4-10)12(18)2-1-11-15-5-8-17(11)9-13(19)20/h5,8,10H,1-4,6-7,9,14H2,(H,19,20). The van der Waals surface area contributed by atoms with E-state index in [4.69, 9.17) is 10.8 Å². The zero-order valence-electron chi connectivity index (χ0n) is 11.4. The number of carbonyl (C=O) groups excluding carboxylic acids is 1. The van der Waals surface area contributed by atoms with Crippen molar-refractivity contribution in [3.05, 3.63) is 18.2 Å². The summed E-state index contributed by atoms with van der Waals surface area (Å²) in [5.41, 5.74) is 5.81. The molecule has 1 aromatic rings. The Morgan fingerprint density at radius 1 is 1.40 bits per heavy atom. The first-order valence-electron chi connectivity index (χ1n) is 6.81. The number of rotatable bonds is 5. The maximum atomic E-state index is 12.1. The van der Waals surface area contributed by atoms with Crippen molar-refractivity contribution in [2.75, 3.05) is 13.1 Å². The van der Waals surface area contributed by atoms with Crippen molar-refractivity contribution in [3.8, 4) is 0 Å². The van der Waals surface area contributed by atoms with Gasteiger partial charge in [0.1, 0.15) is 12.4 Å². The van der Waals surface area contributed by atoms with Gasteiger partial charge in [0.25, 0.3) is 0 Å². The highest BCUT2D eigenvalue weighted by molar-refractivity contribution is 5.76. The minimum Gasteiger partial charge on any atom is -0.480 e. The van der Waals surface area contributed by atoms with Crippen molar-refractivity contribution in [2.45, 2.75) is 38.3 Å². The maximum Gasteiger partial charge on any atom is 0.323 e. The predicted molar refractivity (Wildman–Crippen MR) is 72.0 cm³/mol. The van der Waals surface area contributed by atoms with E-state index in [0.29, 0.717) is 31.8 Å². The molecule has 0 aromatic carbocycles. The molecule has 0 bridgehead atoms. The van der Waals surface area contributed by atoms with Gasteiger partial charge in [-0.15, -0.1) is 0 Å². The number of imidazole rings is 1. The molecule has 20 heavy (non-hydrogen) atoms. The fraction of sp³-hybridized carbons (Fsp3) is 0.615. The quantitative estimate of drug-likeness (QED) is 0.781. The summed E-state index contributed by atoms with van der Waals surface area (Å²) in [5.74, 6) is -0.197. The van der Waals surface area contributed by atoms with Crippen LogP contribution in [0.4, 0.5) is 0 Å². The Balaban J connectivity index is 1.84. The molecule has 0 spiro atoms. The van der Waals surface area contributed by atoms with Gasteiger partial charge in [-0.2, -0.15) is 0 Å². The van der Waals surface area contributed by atoms with E-state index in [-0.39, 0.29) is 18.5 Å². The Labute approximate surface area is 117 Å². The maximum absolute atomic E-state index is 12.1. The number of carbonyl (C=O) groups is 2. The lowest BCUT2D eigenvalue weighted by Crippen LogP contribution is -2.42. The smallest absolute Gasteiger partial charge is 0.323 e. The molecule has 0 saturated carbocycles. The summed E-state index contributed by atoms with van der Waals surface area (Å²) in [5, 5.41) is 8.78. The number of aromatic nitrogens is 2. The van der Waals surface area contributed by atoms with Crippen LogP contribution in [0.25, 0.3) is 0 Å². The molecule has 1 aromatic heterocycles. The average molecular weight is 280 g/mol. The van der Waals surface area contributed by atoms with Crippen molar-refractivity contribution < 1.29 is 14.7 Å². The molecule has 0 atom stereocenters. The van der Waals surface area contributed by atoms with Gasteiger partial charge in [-0.05, 0) is 12.8 Å². The van der Waals surface area contributed by atoms with Crippen LogP contribution in [-0.4, -0.2) is 50.6 Å². The normalized spacial score (nSPS) is 16.4. The number of aryl methyl sites for hydroxylation is 1. The number of nitrogens with zero attached hydrogens (tertiary/aromatic N) is 3. The number of carboxylic acid groups (broad SMARTS) is 1. The van der Waals surface area contributed by atoms with E-state index in [1.54, 1.807) is 17.0 Å². The number of likely N-dealkylation sites (tertiary alicyclic amines) is 1. The molecule has 1 aliphatic rings. The van der Waals surface area contributed by atoms with Crippen LogP contribution < -0.4 is 5.73 Å². The van der Waals surface area contributed by atoms with Gasteiger partial charge in [-0.3, -0.25) is 9.59 Å². The molecule has 1 aliphatic heterocycles. The molecular weight excluding hydrogens is 260 g/mol. The molecule has 1 saturated heterocycles. The number of aliphatic carboxylic acids is 1. The number of hydrogen-bond donors (Lipinski definition) is 2. The van der Waals surface area contributed by atoms with Crippen molar-refractivity contribution in [3.63, 3.8) is 0 Å². The minimum atomic E-state index is -0.916. The summed E-state index contributed by atoms with van der Waals surface area (Å²) >= 11 is 0. The lowest BCUT2D eigenvalue weighted by atomic mass is 10.1. The van der Waals surface area contributed by atoms with Crippen molar-refractivity contribution in [2.24, 2.45) is 5.73 Å². The Morgan fingerprint density at radius 2 is 2.10 bits per heavy atom. The third-order valence-electron chi connectivity index (χ3n) is 3.56. The molecular formula is C13H20N4O3. The van der Waals surface area contributed by atoms with Crippen molar-refractivity contribution in [1.82, 2.24) is 14.5 Å². The number of hydrogen-bond acceptors (Lipinski definition) is 4. The molecule has 1 fully saturated rings. The summed E-state index contributed by atoms with van der Waals surface area (Å²) in [6.45, 7) is 1.30. The zero-order valence-corrected chi connectivity index (χ0v) is 11.4. The third-order valence-corrected chi connectivity index (χ3v) is 3.56. The van der Waals surface area contributed by atoms with Gasteiger partial charge in [0.05, 0.1) is 0 Å².